The van der Waals surface area contributed by atoms with Crippen molar-refractivity contribution < 1.29 is 14.4 Å². The van der Waals surface area contributed by atoms with Crippen molar-refractivity contribution >= 4 is 45.1 Å². The van der Waals surface area contributed by atoms with Gasteiger partial charge in [0.2, 0.25) is 5.91 Å². The Morgan fingerprint density at radius 2 is 1.81 bits per heavy atom. The van der Waals surface area contributed by atoms with Crippen LogP contribution in [0.3, 0.4) is 0 Å². The summed E-state index contributed by atoms with van der Waals surface area (Å²) in [6.07, 6.45) is 6.72. The van der Waals surface area contributed by atoms with E-state index in [-0.39, 0.29) is 29.1 Å². The van der Waals surface area contributed by atoms with Crippen LogP contribution in [0.25, 0.3) is 0 Å². The number of nitrogens with one attached hydrogen (secondary N) is 1. The maximum Gasteiger partial charge on any atom is 0.278 e. The van der Waals surface area contributed by atoms with Gasteiger partial charge in [-0.15, -0.1) is 0 Å². The molecule has 1 unspecified atom stereocenters. The van der Waals surface area contributed by atoms with Gasteiger partial charge in [-0.3, -0.25) is 14.4 Å². The number of ketones is 1. The van der Waals surface area contributed by atoms with Crippen molar-refractivity contribution in [1.82, 2.24) is 4.90 Å². The molecule has 2 amide bonds. The number of carbonyl (C=O) groups is 3. The second-order valence-electron chi connectivity index (χ2n) is 10.3. The van der Waals surface area contributed by atoms with Crippen LogP contribution in [-0.4, -0.2) is 40.9 Å². The lowest BCUT2D eigenvalue weighted by atomic mass is 9.92. The number of carbonyl (C=O) groups excluding carboxylic acids is 3. The van der Waals surface area contributed by atoms with Gasteiger partial charge in [0.25, 0.3) is 5.91 Å². The average molecular weight is 580 g/mol. The molecular formula is C29H47BrN4O3. The van der Waals surface area contributed by atoms with Crippen LogP contribution in [0.15, 0.2) is 39.9 Å². The standard InChI is InChI=1S/C20H28BrN3O2.C9H19NO/c1-7-11-24(8-2)14(3)22-19(26)15-9-10-17(16(21)12-15)23-18(25)13-20(4,5)6;1-4-6-8(11)9(10)7(3)5-2/h7,9-12H,8,13H2,1-6H3,(H,23,25);7,9H,4-6,10H2,1-3H3/b11-7-,22-14?;/t;7-,9?/m.0/s1. The Bertz CT molecular complexity index is 951. The highest BCUT2D eigenvalue weighted by molar-refractivity contribution is 9.10. The summed E-state index contributed by atoms with van der Waals surface area (Å²) in [4.78, 5) is 41.8. The Kier molecular flexibility index (Phi) is 16.2. The summed E-state index contributed by atoms with van der Waals surface area (Å²) in [6.45, 7) is 18.6. The van der Waals surface area contributed by atoms with E-state index in [0.717, 1.165) is 19.4 Å². The van der Waals surface area contributed by atoms with Gasteiger partial charge in [-0.25, -0.2) is 0 Å². The maximum atomic E-state index is 12.4. The molecule has 3 N–H and O–H groups in total. The van der Waals surface area contributed by atoms with E-state index in [1.807, 2.05) is 65.6 Å². The second-order valence-corrected chi connectivity index (χ2v) is 11.2. The third-order valence-electron chi connectivity index (χ3n) is 5.65. The van der Waals surface area contributed by atoms with Gasteiger partial charge in [0.1, 0.15) is 11.6 Å². The third kappa shape index (κ3) is 13.7. The lowest BCUT2D eigenvalue weighted by Gasteiger charge is -2.18. The van der Waals surface area contributed by atoms with Crippen LogP contribution in [0.2, 0.25) is 0 Å². The van der Waals surface area contributed by atoms with E-state index >= 15 is 0 Å². The topological polar surface area (TPSA) is 105 Å². The van der Waals surface area contributed by atoms with E-state index in [2.05, 4.69) is 33.2 Å². The lowest BCUT2D eigenvalue weighted by molar-refractivity contribution is -0.121. The Labute approximate surface area is 232 Å². The molecule has 0 heterocycles. The minimum Gasteiger partial charge on any atom is -0.337 e. The highest BCUT2D eigenvalue weighted by atomic mass is 79.9. The molecule has 1 aromatic carbocycles. The zero-order valence-electron chi connectivity index (χ0n) is 24.2. The minimum absolute atomic E-state index is 0.0592. The highest BCUT2D eigenvalue weighted by Crippen LogP contribution is 2.26. The molecular weight excluding hydrogens is 532 g/mol. The summed E-state index contributed by atoms with van der Waals surface area (Å²) in [5, 5.41) is 2.87. The molecule has 0 aromatic heterocycles. The molecule has 0 aliphatic heterocycles. The number of aliphatic imine (C=N–C) groups is 1. The Morgan fingerprint density at radius 3 is 2.27 bits per heavy atom. The summed E-state index contributed by atoms with van der Waals surface area (Å²) in [5.41, 5.74) is 6.72. The predicted octanol–water partition coefficient (Wildman–Crippen LogP) is 6.97. The Balaban J connectivity index is 0.000000989. The molecule has 2 atom stereocenters. The molecule has 1 aromatic rings. The molecule has 0 spiro atoms. The molecule has 0 aliphatic rings. The van der Waals surface area contributed by atoms with E-state index in [4.69, 9.17) is 5.73 Å². The average Bonchev–Trinajstić information content (AvgIpc) is 2.81. The van der Waals surface area contributed by atoms with Gasteiger partial charge in [-0.05, 0) is 72.7 Å². The number of hydrogen-bond acceptors (Lipinski definition) is 4. The molecule has 208 valence electrons. The van der Waals surface area contributed by atoms with Crippen LogP contribution in [0, 0.1) is 11.3 Å². The molecule has 0 radical (unpaired) electrons. The van der Waals surface area contributed by atoms with Crippen LogP contribution < -0.4 is 11.1 Å². The molecule has 7 nitrogen and oxygen atoms in total. The molecule has 8 heteroatoms. The molecule has 0 fully saturated rings. The van der Waals surface area contributed by atoms with Crippen molar-refractivity contribution in [3.05, 3.63) is 40.5 Å². The monoisotopic (exact) mass is 578 g/mol. The van der Waals surface area contributed by atoms with Gasteiger partial charge in [0.15, 0.2) is 0 Å². The van der Waals surface area contributed by atoms with Crippen LogP contribution >= 0.6 is 15.9 Å². The number of rotatable bonds is 10. The van der Waals surface area contributed by atoms with E-state index in [0.29, 0.717) is 40.3 Å². The molecule has 0 saturated heterocycles. The zero-order chi connectivity index (χ0) is 28.8. The van der Waals surface area contributed by atoms with Crippen molar-refractivity contribution in [2.75, 3.05) is 11.9 Å². The number of nitrogens with zero attached hydrogens (tertiary/aromatic N) is 2. The number of halogens is 1. The van der Waals surface area contributed by atoms with Crippen molar-refractivity contribution in [1.29, 1.82) is 0 Å². The largest absolute Gasteiger partial charge is 0.337 e. The minimum atomic E-state index is -0.321. The van der Waals surface area contributed by atoms with E-state index < -0.39 is 0 Å². The van der Waals surface area contributed by atoms with Gasteiger partial charge in [0.05, 0.1) is 11.7 Å². The predicted molar refractivity (Wildman–Crippen MR) is 159 cm³/mol. The van der Waals surface area contributed by atoms with E-state index in [9.17, 15) is 14.4 Å². The molecule has 0 aliphatic carbocycles. The van der Waals surface area contributed by atoms with Crippen LogP contribution in [-0.2, 0) is 9.59 Å². The number of Topliss-reactive ketones (excluding diaryl/α,β-unsaturated/α-hetero) is 1. The summed E-state index contributed by atoms with van der Waals surface area (Å²) in [5.74, 6) is 0.792. The lowest BCUT2D eigenvalue weighted by Crippen LogP contribution is -2.36. The maximum absolute atomic E-state index is 12.4. The van der Waals surface area contributed by atoms with E-state index in [1.165, 1.54) is 0 Å². The number of allylic oxidation sites excluding steroid dienone is 1. The first-order chi connectivity index (χ1) is 17.2. The second kappa shape index (κ2) is 17.2. The summed E-state index contributed by atoms with van der Waals surface area (Å²) in [7, 11) is 0. The summed E-state index contributed by atoms with van der Waals surface area (Å²) >= 11 is 3.42. The van der Waals surface area contributed by atoms with Gasteiger partial charge in [-0.1, -0.05) is 54.0 Å². The number of amides is 2. The first-order valence-corrected chi connectivity index (χ1v) is 13.9. The van der Waals surface area contributed by atoms with Gasteiger partial charge in [0, 0.05) is 35.6 Å². The normalized spacial score (nSPS) is 13.4. The fourth-order valence-corrected chi connectivity index (χ4v) is 3.79. The zero-order valence-corrected chi connectivity index (χ0v) is 25.7. The number of amidine groups is 1. The highest BCUT2D eigenvalue weighted by Gasteiger charge is 2.18. The Morgan fingerprint density at radius 1 is 1.19 bits per heavy atom. The smallest absolute Gasteiger partial charge is 0.278 e. The third-order valence-corrected chi connectivity index (χ3v) is 6.31. The van der Waals surface area contributed by atoms with Crippen molar-refractivity contribution in [3.8, 4) is 0 Å². The first kappa shape index (κ1) is 34.7. The molecule has 1 rings (SSSR count). The van der Waals surface area contributed by atoms with E-state index in [1.54, 1.807) is 25.1 Å². The first-order valence-electron chi connectivity index (χ1n) is 13.1. The van der Waals surface area contributed by atoms with Gasteiger partial charge < -0.3 is 16.0 Å². The number of nitrogens with two attached hydrogens (primary N) is 1. The fraction of sp³-hybridized carbons (Fsp3) is 0.586. The van der Waals surface area contributed by atoms with Crippen LogP contribution in [0.1, 0.15) is 98.4 Å². The fourth-order valence-electron chi connectivity index (χ4n) is 3.31. The van der Waals surface area contributed by atoms with Crippen molar-refractivity contribution in [3.63, 3.8) is 0 Å². The molecule has 0 saturated carbocycles. The summed E-state index contributed by atoms with van der Waals surface area (Å²) < 4.78 is 0.652. The van der Waals surface area contributed by atoms with Gasteiger partial charge in [-0.2, -0.15) is 4.99 Å². The number of hydrogen-bond donors (Lipinski definition) is 2. The Hall–Kier alpha value is -2.32. The SMILES string of the molecule is C/C=C\N(CC)C(C)=NC(=O)c1ccc(NC(=O)CC(C)(C)C)c(Br)c1.CCCC(=O)C(N)[C@@H](C)CC. The quantitative estimate of drug-likeness (QED) is 0.230. The number of benzene rings is 1. The number of anilines is 1. The summed E-state index contributed by atoms with van der Waals surface area (Å²) in [6, 6.07) is 4.83. The van der Waals surface area contributed by atoms with Crippen LogP contribution in [0.4, 0.5) is 5.69 Å². The van der Waals surface area contributed by atoms with Crippen molar-refractivity contribution in [2.24, 2.45) is 22.1 Å². The molecule has 0 bridgehead atoms. The van der Waals surface area contributed by atoms with Gasteiger partial charge >= 0.3 is 0 Å². The van der Waals surface area contributed by atoms with Crippen LogP contribution in [0.5, 0.6) is 0 Å². The van der Waals surface area contributed by atoms with Crippen molar-refractivity contribution in [2.45, 2.75) is 94.0 Å². The molecule has 37 heavy (non-hydrogen) atoms.